The number of aliphatic carboxylic acids is 1. The second-order valence-electron chi connectivity index (χ2n) is 6.27. The molecule has 3 unspecified atom stereocenters. The molecule has 2 fully saturated rings. The molecule has 6 heteroatoms. The fourth-order valence-electron chi connectivity index (χ4n) is 3.50. The summed E-state index contributed by atoms with van der Waals surface area (Å²) in [5.74, 6) is -0.409. The van der Waals surface area contributed by atoms with Crippen LogP contribution in [0.1, 0.15) is 32.6 Å². The molecule has 1 saturated heterocycles. The lowest BCUT2D eigenvalue weighted by atomic mass is 9.96. The van der Waals surface area contributed by atoms with Crippen LogP contribution in [-0.4, -0.2) is 54.7 Å². The molecule has 0 aromatic carbocycles. The second-order valence-corrected chi connectivity index (χ2v) is 6.27. The topological polar surface area (TPSA) is 81.7 Å². The normalized spacial score (nSPS) is 29.5. The number of hydrogen-bond donors (Lipinski definition) is 3. The number of amides is 2. The first-order valence-corrected chi connectivity index (χ1v) is 8.07. The first-order chi connectivity index (χ1) is 10.1. The Morgan fingerprint density at radius 1 is 1.19 bits per heavy atom. The van der Waals surface area contributed by atoms with Gasteiger partial charge in [0.2, 0.25) is 0 Å². The monoisotopic (exact) mass is 297 g/mol. The van der Waals surface area contributed by atoms with E-state index in [1.165, 1.54) is 0 Å². The molecule has 1 saturated carbocycles. The Hall–Kier alpha value is -1.30. The van der Waals surface area contributed by atoms with Crippen LogP contribution >= 0.6 is 0 Å². The number of nitrogens with one attached hydrogen (secondary N) is 2. The largest absolute Gasteiger partial charge is 0.481 e. The van der Waals surface area contributed by atoms with Gasteiger partial charge in [0.15, 0.2) is 0 Å². The van der Waals surface area contributed by atoms with Gasteiger partial charge in [-0.1, -0.05) is 13.3 Å². The third kappa shape index (κ3) is 4.59. The van der Waals surface area contributed by atoms with E-state index in [9.17, 15) is 9.59 Å². The van der Waals surface area contributed by atoms with Crippen LogP contribution in [0, 0.1) is 17.8 Å². The van der Waals surface area contributed by atoms with Gasteiger partial charge in [0.1, 0.15) is 0 Å². The molecule has 0 bridgehead atoms. The van der Waals surface area contributed by atoms with Crippen molar-refractivity contribution in [1.82, 2.24) is 15.5 Å². The zero-order valence-electron chi connectivity index (χ0n) is 12.8. The van der Waals surface area contributed by atoms with Crippen molar-refractivity contribution >= 4 is 12.0 Å². The smallest absolute Gasteiger partial charge is 0.314 e. The Kier molecular flexibility index (Phi) is 5.85. The summed E-state index contributed by atoms with van der Waals surface area (Å²) in [7, 11) is 0. The SMILES string of the molecule is CCN1CCC(CNC(=O)NCC2CCCC2C(=O)O)C1. The van der Waals surface area contributed by atoms with Crippen molar-refractivity contribution in [2.45, 2.75) is 32.6 Å². The lowest BCUT2D eigenvalue weighted by molar-refractivity contribution is -0.142. The Morgan fingerprint density at radius 3 is 2.62 bits per heavy atom. The predicted octanol–water partition coefficient (Wildman–Crippen LogP) is 1.13. The molecule has 0 radical (unpaired) electrons. The van der Waals surface area contributed by atoms with Crippen LogP contribution in [0.2, 0.25) is 0 Å². The molecule has 3 atom stereocenters. The van der Waals surface area contributed by atoms with Gasteiger partial charge in [0.25, 0.3) is 0 Å². The van der Waals surface area contributed by atoms with Crippen LogP contribution in [0.25, 0.3) is 0 Å². The lowest BCUT2D eigenvalue weighted by Crippen LogP contribution is -2.41. The number of carboxylic acids is 1. The van der Waals surface area contributed by atoms with Gasteiger partial charge in [0.05, 0.1) is 5.92 Å². The van der Waals surface area contributed by atoms with Crippen LogP contribution < -0.4 is 10.6 Å². The summed E-state index contributed by atoms with van der Waals surface area (Å²) in [5.41, 5.74) is 0. The average molecular weight is 297 g/mol. The molecule has 6 nitrogen and oxygen atoms in total. The molecule has 21 heavy (non-hydrogen) atoms. The summed E-state index contributed by atoms with van der Waals surface area (Å²) in [4.78, 5) is 25.3. The number of likely N-dealkylation sites (tertiary alicyclic amines) is 1. The number of rotatable bonds is 6. The van der Waals surface area contributed by atoms with Crippen LogP contribution in [0.4, 0.5) is 4.79 Å². The zero-order valence-corrected chi connectivity index (χ0v) is 12.8. The fraction of sp³-hybridized carbons (Fsp3) is 0.867. The highest BCUT2D eigenvalue weighted by atomic mass is 16.4. The third-order valence-electron chi connectivity index (χ3n) is 4.87. The van der Waals surface area contributed by atoms with Crippen LogP contribution in [0.5, 0.6) is 0 Å². The summed E-state index contributed by atoms with van der Waals surface area (Å²) < 4.78 is 0. The standard InChI is InChI=1S/C15H27N3O3/c1-2-18-7-6-11(10-18)8-16-15(21)17-9-12-4-3-5-13(12)14(19)20/h11-13H,2-10H2,1H3,(H,19,20)(H2,16,17,21). The van der Waals surface area contributed by atoms with Gasteiger partial charge in [-0.25, -0.2) is 4.79 Å². The quantitative estimate of drug-likeness (QED) is 0.686. The van der Waals surface area contributed by atoms with Crippen molar-refractivity contribution in [3.05, 3.63) is 0 Å². The maximum Gasteiger partial charge on any atom is 0.314 e. The first kappa shape index (κ1) is 16.1. The van der Waals surface area contributed by atoms with E-state index in [0.717, 1.165) is 45.3 Å². The van der Waals surface area contributed by atoms with E-state index in [1.807, 2.05) is 0 Å². The Morgan fingerprint density at radius 2 is 1.95 bits per heavy atom. The number of carbonyl (C=O) groups is 2. The number of hydrogen-bond acceptors (Lipinski definition) is 3. The summed E-state index contributed by atoms with van der Waals surface area (Å²) in [6, 6.07) is -0.166. The maximum atomic E-state index is 11.8. The number of carbonyl (C=O) groups excluding carboxylic acids is 1. The maximum absolute atomic E-state index is 11.8. The molecule has 0 aromatic heterocycles. The van der Waals surface area contributed by atoms with E-state index < -0.39 is 5.97 Å². The molecule has 2 aliphatic rings. The molecule has 1 heterocycles. The van der Waals surface area contributed by atoms with Crippen molar-refractivity contribution in [3.63, 3.8) is 0 Å². The Labute approximate surface area is 126 Å². The highest BCUT2D eigenvalue weighted by molar-refractivity contribution is 5.74. The van der Waals surface area contributed by atoms with Gasteiger partial charge in [0, 0.05) is 19.6 Å². The van der Waals surface area contributed by atoms with E-state index in [2.05, 4.69) is 22.5 Å². The van der Waals surface area contributed by atoms with Gasteiger partial charge < -0.3 is 20.6 Å². The summed E-state index contributed by atoms with van der Waals surface area (Å²) in [6.45, 7) is 6.57. The molecular weight excluding hydrogens is 270 g/mol. The molecule has 3 N–H and O–H groups in total. The lowest BCUT2D eigenvalue weighted by Gasteiger charge is -2.17. The molecule has 2 rings (SSSR count). The zero-order chi connectivity index (χ0) is 15.2. The summed E-state index contributed by atoms with van der Waals surface area (Å²) >= 11 is 0. The van der Waals surface area contributed by atoms with Crippen molar-refractivity contribution in [3.8, 4) is 0 Å². The van der Waals surface area contributed by atoms with E-state index in [4.69, 9.17) is 5.11 Å². The number of carboxylic acid groups (broad SMARTS) is 1. The molecule has 1 aliphatic heterocycles. The van der Waals surface area contributed by atoms with Crippen LogP contribution in [-0.2, 0) is 4.79 Å². The second kappa shape index (κ2) is 7.64. The minimum atomic E-state index is -0.731. The highest BCUT2D eigenvalue weighted by Gasteiger charge is 2.32. The minimum Gasteiger partial charge on any atom is -0.481 e. The van der Waals surface area contributed by atoms with Crippen molar-refractivity contribution in [2.24, 2.45) is 17.8 Å². The fourth-order valence-corrected chi connectivity index (χ4v) is 3.50. The highest BCUT2D eigenvalue weighted by Crippen LogP contribution is 2.31. The summed E-state index contributed by atoms with van der Waals surface area (Å²) in [5, 5.41) is 14.9. The molecule has 0 spiro atoms. The number of urea groups is 1. The van der Waals surface area contributed by atoms with Crippen molar-refractivity contribution < 1.29 is 14.7 Å². The average Bonchev–Trinajstić information content (AvgIpc) is 3.11. The Bertz CT molecular complexity index is 375. The number of nitrogens with zero attached hydrogens (tertiary/aromatic N) is 1. The minimum absolute atomic E-state index is 0.0790. The van der Waals surface area contributed by atoms with Crippen LogP contribution in [0.15, 0.2) is 0 Å². The summed E-state index contributed by atoms with van der Waals surface area (Å²) in [6.07, 6.45) is 3.71. The molecule has 120 valence electrons. The van der Waals surface area contributed by atoms with Crippen LogP contribution in [0.3, 0.4) is 0 Å². The van der Waals surface area contributed by atoms with Crippen molar-refractivity contribution in [1.29, 1.82) is 0 Å². The van der Waals surface area contributed by atoms with E-state index in [1.54, 1.807) is 0 Å². The van der Waals surface area contributed by atoms with E-state index in [-0.39, 0.29) is 17.9 Å². The van der Waals surface area contributed by atoms with Gasteiger partial charge in [-0.05, 0) is 44.2 Å². The molecular formula is C15H27N3O3. The molecule has 2 amide bonds. The molecule has 1 aliphatic carbocycles. The van der Waals surface area contributed by atoms with Crippen molar-refractivity contribution in [2.75, 3.05) is 32.7 Å². The van der Waals surface area contributed by atoms with Gasteiger partial charge in [-0.3, -0.25) is 4.79 Å². The van der Waals surface area contributed by atoms with E-state index in [0.29, 0.717) is 19.0 Å². The van der Waals surface area contributed by atoms with Gasteiger partial charge >= 0.3 is 12.0 Å². The first-order valence-electron chi connectivity index (χ1n) is 8.07. The van der Waals surface area contributed by atoms with Gasteiger partial charge in [-0.2, -0.15) is 0 Å². The van der Waals surface area contributed by atoms with E-state index >= 15 is 0 Å². The predicted molar refractivity (Wildman–Crippen MR) is 80.1 cm³/mol. The molecule has 0 aromatic rings. The van der Waals surface area contributed by atoms with Gasteiger partial charge in [-0.15, -0.1) is 0 Å². The third-order valence-corrected chi connectivity index (χ3v) is 4.87. The Balaban J connectivity index is 1.63.